The monoisotopic (exact) mass is 345 g/mol. The molecule has 0 bridgehead atoms. The van der Waals surface area contributed by atoms with Crippen LogP contribution in [0.2, 0.25) is 0 Å². The van der Waals surface area contributed by atoms with Gasteiger partial charge in [0.2, 0.25) is 5.91 Å². The van der Waals surface area contributed by atoms with E-state index < -0.39 is 11.6 Å². The van der Waals surface area contributed by atoms with Crippen molar-refractivity contribution in [2.75, 3.05) is 26.2 Å². The van der Waals surface area contributed by atoms with Gasteiger partial charge in [0.05, 0.1) is 12.7 Å². The van der Waals surface area contributed by atoms with Gasteiger partial charge >= 0.3 is 6.03 Å². The molecule has 2 aliphatic heterocycles. The standard InChI is InChI=1S/C18H23N3O4/c1-3-18(14-7-5-4-6-8-14)16(23)21(17(24)19-18)12-15(22)20-9-10-25-13(2)11-20/h4-8,13H,3,9-12H2,1-2H3,(H,19,24). The first kappa shape index (κ1) is 17.4. The number of benzene rings is 1. The number of hydrogen-bond acceptors (Lipinski definition) is 4. The van der Waals surface area contributed by atoms with Crippen LogP contribution in [0.25, 0.3) is 0 Å². The molecular weight excluding hydrogens is 322 g/mol. The highest BCUT2D eigenvalue weighted by Gasteiger charge is 2.51. The first-order valence-corrected chi connectivity index (χ1v) is 8.57. The predicted molar refractivity (Wildman–Crippen MR) is 90.6 cm³/mol. The van der Waals surface area contributed by atoms with Gasteiger partial charge in [0.1, 0.15) is 12.1 Å². The molecule has 1 aromatic carbocycles. The second kappa shape index (κ2) is 6.84. The van der Waals surface area contributed by atoms with Gasteiger partial charge in [-0.1, -0.05) is 37.3 Å². The minimum absolute atomic E-state index is 0.0418. The predicted octanol–water partition coefficient (Wildman–Crippen LogP) is 1.09. The lowest BCUT2D eigenvalue weighted by molar-refractivity contribution is -0.143. The Kier molecular flexibility index (Phi) is 4.76. The molecule has 0 spiro atoms. The van der Waals surface area contributed by atoms with Crippen molar-refractivity contribution in [2.45, 2.75) is 31.9 Å². The number of ether oxygens (including phenoxy) is 1. The van der Waals surface area contributed by atoms with E-state index in [0.717, 1.165) is 10.5 Å². The molecule has 0 radical (unpaired) electrons. The van der Waals surface area contributed by atoms with Crippen LogP contribution in [0, 0.1) is 0 Å². The van der Waals surface area contributed by atoms with Crippen LogP contribution in [-0.2, 0) is 19.9 Å². The van der Waals surface area contributed by atoms with Gasteiger partial charge in [-0.05, 0) is 18.9 Å². The molecule has 25 heavy (non-hydrogen) atoms. The molecule has 2 unspecified atom stereocenters. The summed E-state index contributed by atoms with van der Waals surface area (Å²) >= 11 is 0. The Bertz CT molecular complexity index is 678. The van der Waals surface area contributed by atoms with Gasteiger partial charge in [0, 0.05) is 13.1 Å². The molecule has 2 fully saturated rings. The zero-order chi connectivity index (χ0) is 18.0. The van der Waals surface area contributed by atoms with E-state index in [0.29, 0.717) is 26.1 Å². The van der Waals surface area contributed by atoms with Gasteiger partial charge in [-0.2, -0.15) is 0 Å². The van der Waals surface area contributed by atoms with Crippen molar-refractivity contribution in [3.05, 3.63) is 35.9 Å². The van der Waals surface area contributed by atoms with E-state index in [1.807, 2.05) is 44.2 Å². The van der Waals surface area contributed by atoms with E-state index >= 15 is 0 Å². The second-order valence-corrected chi connectivity index (χ2v) is 6.47. The zero-order valence-corrected chi connectivity index (χ0v) is 14.5. The maximum atomic E-state index is 13.0. The summed E-state index contributed by atoms with van der Waals surface area (Å²) in [6.07, 6.45) is 0.376. The number of carbonyl (C=O) groups excluding carboxylic acids is 3. The van der Waals surface area contributed by atoms with Crippen LogP contribution in [0.3, 0.4) is 0 Å². The van der Waals surface area contributed by atoms with Crippen molar-refractivity contribution in [1.29, 1.82) is 0 Å². The van der Waals surface area contributed by atoms with Gasteiger partial charge in [-0.3, -0.25) is 14.5 Å². The lowest BCUT2D eigenvalue weighted by Crippen LogP contribution is -2.50. The number of amides is 4. The van der Waals surface area contributed by atoms with E-state index in [9.17, 15) is 14.4 Å². The van der Waals surface area contributed by atoms with Gasteiger partial charge in [-0.15, -0.1) is 0 Å². The topological polar surface area (TPSA) is 79.0 Å². The van der Waals surface area contributed by atoms with Crippen LogP contribution in [0.15, 0.2) is 30.3 Å². The number of imide groups is 1. The van der Waals surface area contributed by atoms with E-state index in [-0.39, 0.29) is 24.5 Å². The van der Waals surface area contributed by atoms with Crippen molar-refractivity contribution in [3.8, 4) is 0 Å². The first-order chi connectivity index (χ1) is 12.0. The van der Waals surface area contributed by atoms with Crippen LogP contribution < -0.4 is 5.32 Å². The van der Waals surface area contributed by atoms with Crippen LogP contribution >= 0.6 is 0 Å². The molecule has 0 saturated carbocycles. The Labute approximate surface area is 146 Å². The second-order valence-electron chi connectivity index (χ2n) is 6.47. The third-order valence-corrected chi connectivity index (χ3v) is 4.86. The summed E-state index contributed by atoms with van der Waals surface area (Å²) in [6, 6.07) is 8.62. The molecule has 0 aromatic heterocycles. The molecule has 0 aliphatic carbocycles. The lowest BCUT2D eigenvalue weighted by atomic mass is 9.87. The highest BCUT2D eigenvalue weighted by molar-refractivity contribution is 6.09. The Morgan fingerprint density at radius 1 is 1.32 bits per heavy atom. The molecule has 2 aliphatic rings. The fourth-order valence-corrected chi connectivity index (χ4v) is 3.41. The Balaban J connectivity index is 1.78. The highest BCUT2D eigenvalue weighted by atomic mass is 16.5. The fraction of sp³-hybridized carbons (Fsp3) is 0.500. The van der Waals surface area contributed by atoms with Gasteiger partial charge in [0.25, 0.3) is 5.91 Å². The number of hydrogen-bond donors (Lipinski definition) is 1. The van der Waals surface area contributed by atoms with Crippen molar-refractivity contribution >= 4 is 17.8 Å². The summed E-state index contributed by atoms with van der Waals surface area (Å²) < 4.78 is 5.43. The number of carbonyl (C=O) groups is 3. The molecule has 3 rings (SSSR count). The SMILES string of the molecule is CCC1(c2ccccc2)NC(=O)N(CC(=O)N2CCOC(C)C2)C1=O. The van der Waals surface area contributed by atoms with Crippen molar-refractivity contribution < 1.29 is 19.1 Å². The third kappa shape index (κ3) is 3.11. The molecule has 2 saturated heterocycles. The quantitative estimate of drug-likeness (QED) is 0.829. The average molecular weight is 345 g/mol. The third-order valence-electron chi connectivity index (χ3n) is 4.86. The summed E-state index contributed by atoms with van der Waals surface area (Å²) in [5.74, 6) is -0.612. The number of morpholine rings is 1. The van der Waals surface area contributed by atoms with Crippen LogP contribution in [-0.4, -0.2) is 60.0 Å². The number of nitrogens with one attached hydrogen (secondary N) is 1. The van der Waals surface area contributed by atoms with Gasteiger partial charge < -0.3 is 15.0 Å². The molecule has 2 heterocycles. The normalized spacial score (nSPS) is 26.7. The Morgan fingerprint density at radius 2 is 2.04 bits per heavy atom. The largest absolute Gasteiger partial charge is 0.375 e. The summed E-state index contributed by atoms with van der Waals surface area (Å²) in [5, 5.41) is 2.79. The first-order valence-electron chi connectivity index (χ1n) is 8.57. The summed E-state index contributed by atoms with van der Waals surface area (Å²) in [4.78, 5) is 40.6. The molecule has 1 aromatic rings. The summed E-state index contributed by atoms with van der Waals surface area (Å²) in [6.45, 7) is 4.91. The highest BCUT2D eigenvalue weighted by Crippen LogP contribution is 2.32. The van der Waals surface area contributed by atoms with Crippen LogP contribution in [0.1, 0.15) is 25.8 Å². The Hall–Kier alpha value is -2.41. The van der Waals surface area contributed by atoms with E-state index in [1.54, 1.807) is 4.90 Å². The minimum Gasteiger partial charge on any atom is -0.375 e. The lowest BCUT2D eigenvalue weighted by Gasteiger charge is -2.32. The minimum atomic E-state index is -1.10. The average Bonchev–Trinajstić information content (AvgIpc) is 2.87. The van der Waals surface area contributed by atoms with Crippen molar-refractivity contribution in [3.63, 3.8) is 0 Å². The smallest absolute Gasteiger partial charge is 0.325 e. The van der Waals surface area contributed by atoms with Crippen LogP contribution in [0.5, 0.6) is 0 Å². The summed E-state index contributed by atoms with van der Waals surface area (Å²) in [5.41, 5.74) is -0.373. The van der Waals surface area contributed by atoms with Gasteiger partial charge in [-0.25, -0.2) is 4.79 Å². The number of nitrogens with zero attached hydrogens (tertiary/aromatic N) is 2. The molecule has 7 heteroatoms. The van der Waals surface area contributed by atoms with Crippen molar-refractivity contribution in [2.24, 2.45) is 0 Å². The number of rotatable bonds is 4. The number of urea groups is 1. The maximum Gasteiger partial charge on any atom is 0.325 e. The van der Waals surface area contributed by atoms with E-state index in [1.165, 1.54) is 0 Å². The maximum absolute atomic E-state index is 13.0. The molecule has 7 nitrogen and oxygen atoms in total. The fourth-order valence-electron chi connectivity index (χ4n) is 3.41. The van der Waals surface area contributed by atoms with Gasteiger partial charge in [0.15, 0.2) is 0 Å². The summed E-state index contributed by atoms with van der Waals surface area (Å²) in [7, 11) is 0. The van der Waals surface area contributed by atoms with Crippen LogP contribution in [0.4, 0.5) is 4.79 Å². The Morgan fingerprint density at radius 3 is 2.68 bits per heavy atom. The molecule has 134 valence electrons. The molecular formula is C18H23N3O4. The van der Waals surface area contributed by atoms with E-state index in [4.69, 9.17) is 4.74 Å². The zero-order valence-electron chi connectivity index (χ0n) is 14.5. The molecule has 1 N–H and O–H groups in total. The molecule has 2 atom stereocenters. The van der Waals surface area contributed by atoms with E-state index in [2.05, 4.69) is 5.32 Å². The van der Waals surface area contributed by atoms with Crippen molar-refractivity contribution in [1.82, 2.24) is 15.1 Å². The molecule has 4 amide bonds.